The predicted molar refractivity (Wildman–Crippen MR) is 57.6 cm³/mol. The lowest BCUT2D eigenvalue weighted by Gasteiger charge is -2.07. The summed E-state index contributed by atoms with van der Waals surface area (Å²) in [5, 5.41) is 8.74. The topological polar surface area (TPSA) is 68.3 Å². The first kappa shape index (κ1) is 11.3. The molecule has 0 heterocycles. The van der Waals surface area contributed by atoms with E-state index in [9.17, 15) is 0 Å². The second kappa shape index (κ2) is 5.89. The molecule has 0 aliphatic carbocycles. The molecule has 0 aliphatic rings. The van der Waals surface area contributed by atoms with Crippen molar-refractivity contribution in [2.45, 2.75) is 6.92 Å². The van der Waals surface area contributed by atoms with Gasteiger partial charge in [-0.3, -0.25) is 0 Å². The molecule has 2 N–H and O–H groups in total. The standard InChI is InChI=1S/C11H14N2O2/c1-2-14-5-6-15-10-3-4-11(13)9(7-10)8-12/h3-4,7H,2,5-6,13H2,1H3. The monoisotopic (exact) mass is 206 g/mol. The molecule has 0 unspecified atom stereocenters. The van der Waals surface area contributed by atoms with E-state index in [-0.39, 0.29) is 0 Å². The Balaban J connectivity index is 2.52. The zero-order valence-corrected chi connectivity index (χ0v) is 8.69. The van der Waals surface area contributed by atoms with Crippen molar-refractivity contribution in [3.8, 4) is 11.8 Å². The van der Waals surface area contributed by atoms with Crippen LogP contribution in [0.15, 0.2) is 18.2 Å². The van der Waals surface area contributed by atoms with Crippen LogP contribution in [0.4, 0.5) is 5.69 Å². The summed E-state index contributed by atoms with van der Waals surface area (Å²) in [5.41, 5.74) is 6.48. The smallest absolute Gasteiger partial charge is 0.120 e. The molecule has 0 atom stereocenters. The first-order valence-electron chi connectivity index (χ1n) is 4.78. The maximum Gasteiger partial charge on any atom is 0.120 e. The van der Waals surface area contributed by atoms with Gasteiger partial charge in [0.05, 0.1) is 12.2 Å². The third-order valence-corrected chi connectivity index (χ3v) is 1.85. The zero-order valence-electron chi connectivity index (χ0n) is 8.69. The molecule has 1 aromatic carbocycles. The van der Waals surface area contributed by atoms with Gasteiger partial charge in [-0.2, -0.15) is 5.26 Å². The van der Waals surface area contributed by atoms with Gasteiger partial charge in [-0.1, -0.05) is 0 Å². The average Bonchev–Trinajstić information content (AvgIpc) is 2.26. The lowest BCUT2D eigenvalue weighted by molar-refractivity contribution is 0.110. The van der Waals surface area contributed by atoms with Crippen molar-refractivity contribution in [3.63, 3.8) is 0 Å². The Kier molecular flexibility index (Phi) is 4.45. The molecule has 15 heavy (non-hydrogen) atoms. The molecule has 0 aliphatic heterocycles. The number of nitrogen functional groups attached to an aromatic ring is 1. The lowest BCUT2D eigenvalue weighted by atomic mass is 10.2. The van der Waals surface area contributed by atoms with Crippen molar-refractivity contribution < 1.29 is 9.47 Å². The van der Waals surface area contributed by atoms with E-state index >= 15 is 0 Å². The second-order valence-corrected chi connectivity index (χ2v) is 2.91. The molecule has 0 spiro atoms. The molecule has 0 bridgehead atoms. The van der Waals surface area contributed by atoms with Crippen molar-refractivity contribution >= 4 is 5.69 Å². The van der Waals surface area contributed by atoms with E-state index in [0.717, 1.165) is 0 Å². The Hall–Kier alpha value is -1.73. The largest absolute Gasteiger partial charge is 0.491 e. The second-order valence-electron chi connectivity index (χ2n) is 2.91. The Bertz CT molecular complexity index is 358. The van der Waals surface area contributed by atoms with Crippen LogP contribution in [0.2, 0.25) is 0 Å². The number of hydrogen-bond acceptors (Lipinski definition) is 4. The van der Waals surface area contributed by atoms with Crippen molar-refractivity contribution in [2.24, 2.45) is 0 Å². The fourth-order valence-corrected chi connectivity index (χ4v) is 1.08. The number of nitrogens with zero attached hydrogens (tertiary/aromatic N) is 1. The molecule has 0 radical (unpaired) electrons. The van der Waals surface area contributed by atoms with Gasteiger partial charge in [0.1, 0.15) is 18.4 Å². The Morgan fingerprint density at radius 3 is 2.87 bits per heavy atom. The first-order chi connectivity index (χ1) is 7.27. The van der Waals surface area contributed by atoms with E-state index in [1.54, 1.807) is 18.2 Å². The number of nitriles is 1. The van der Waals surface area contributed by atoms with Crippen LogP contribution in [0, 0.1) is 11.3 Å². The van der Waals surface area contributed by atoms with Crippen molar-refractivity contribution in [2.75, 3.05) is 25.6 Å². The van der Waals surface area contributed by atoms with Crippen molar-refractivity contribution in [1.29, 1.82) is 5.26 Å². The summed E-state index contributed by atoms with van der Waals surface area (Å²) in [4.78, 5) is 0. The fourth-order valence-electron chi connectivity index (χ4n) is 1.08. The van der Waals surface area contributed by atoms with E-state index in [4.69, 9.17) is 20.5 Å². The van der Waals surface area contributed by atoms with E-state index in [0.29, 0.717) is 36.8 Å². The molecule has 1 rings (SSSR count). The minimum absolute atomic E-state index is 0.434. The van der Waals surface area contributed by atoms with Gasteiger partial charge < -0.3 is 15.2 Å². The SMILES string of the molecule is CCOCCOc1ccc(N)c(C#N)c1. The van der Waals surface area contributed by atoms with E-state index in [2.05, 4.69) is 0 Å². The number of anilines is 1. The number of nitrogens with two attached hydrogens (primary N) is 1. The molecule has 4 heteroatoms. The quantitative estimate of drug-likeness (QED) is 0.586. The summed E-state index contributed by atoms with van der Waals surface area (Å²) in [5.74, 6) is 0.639. The van der Waals surface area contributed by atoms with Crippen LogP contribution in [0.25, 0.3) is 0 Å². The molecule has 1 aromatic rings. The van der Waals surface area contributed by atoms with Gasteiger partial charge in [-0.15, -0.1) is 0 Å². The van der Waals surface area contributed by atoms with Gasteiger partial charge in [0.2, 0.25) is 0 Å². The summed E-state index contributed by atoms with van der Waals surface area (Å²) in [6, 6.07) is 7.03. The number of hydrogen-bond donors (Lipinski definition) is 1. The highest BCUT2D eigenvalue weighted by Crippen LogP contribution is 2.18. The third-order valence-electron chi connectivity index (χ3n) is 1.85. The van der Waals surface area contributed by atoms with E-state index < -0.39 is 0 Å². The van der Waals surface area contributed by atoms with Gasteiger partial charge >= 0.3 is 0 Å². The van der Waals surface area contributed by atoms with Crippen LogP contribution in [-0.4, -0.2) is 19.8 Å². The average molecular weight is 206 g/mol. The lowest BCUT2D eigenvalue weighted by Crippen LogP contribution is -2.06. The van der Waals surface area contributed by atoms with E-state index in [1.165, 1.54) is 0 Å². The predicted octanol–water partition coefficient (Wildman–Crippen LogP) is 1.56. The summed E-state index contributed by atoms with van der Waals surface area (Å²) in [6.07, 6.45) is 0. The third kappa shape index (κ3) is 3.49. The summed E-state index contributed by atoms with van der Waals surface area (Å²) >= 11 is 0. The highest BCUT2D eigenvalue weighted by atomic mass is 16.5. The molecule has 0 saturated heterocycles. The van der Waals surface area contributed by atoms with Crippen LogP contribution < -0.4 is 10.5 Å². The Morgan fingerprint density at radius 2 is 2.20 bits per heavy atom. The maximum atomic E-state index is 8.74. The first-order valence-corrected chi connectivity index (χ1v) is 4.78. The van der Waals surface area contributed by atoms with Gasteiger partial charge in [0.15, 0.2) is 0 Å². The Morgan fingerprint density at radius 1 is 1.40 bits per heavy atom. The molecule has 80 valence electrons. The number of rotatable bonds is 5. The van der Waals surface area contributed by atoms with E-state index in [1.807, 2.05) is 13.0 Å². The van der Waals surface area contributed by atoms with Gasteiger partial charge in [0, 0.05) is 12.3 Å². The molecule has 0 amide bonds. The highest BCUT2D eigenvalue weighted by Gasteiger charge is 2.00. The highest BCUT2D eigenvalue weighted by molar-refractivity contribution is 5.56. The number of benzene rings is 1. The molecule has 4 nitrogen and oxygen atoms in total. The number of ether oxygens (including phenoxy) is 2. The molecule has 0 saturated carbocycles. The minimum Gasteiger partial charge on any atom is -0.491 e. The molecule has 0 fully saturated rings. The molecule has 0 aromatic heterocycles. The van der Waals surface area contributed by atoms with Crippen LogP contribution in [-0.2, 0) is 4.74 Å². The van der Waals surface area contributed by atoms with Crippen LogP contribution in [0.3, 0.4) is 0 Å². The van der Waals surface area contributed by atoms with Gasteiger partial charge in [-0.25, -0.2) is 0 Å². The normalized spacial score (nSPS) is 9.60. The Labute approximate surface area is 89.2 Å². The van der Waals surface area contributed by atoms with Crippen LogP contribution in [0.5, 0.6) is 5.75 Å². The zero-order chi connectivity index (χ0) is 11.1. The van der Waals surface area contributed by atoms with Crippen molar-refractivity contribution in [1.82, 2.24) is 0 Å². The van der Waals surface area contributed by atoms with Gasteiger partial charge in [0.25, 0.3) is 0 Å². The maximum absolute atomic E-state index is 8.74. The summed E-state index contributed by atoms with van der Waals surface area (Å²) < 4.78 is 10.5. The molecular formula is C11H14N2O2. The minimum atomic E-state index is 0.434. The summed E-state index contributed by atoms with van der Waals surface area (Å²) in [6.45, 7) is 3.62. The molecular weight excluding hydrogens is 192 g/mol. The van der Waals surface area contributed by atoms with Crippen LogP contribution in [0.1, 0.15) is 12.5 Å². The summed E-state index contributed by atoms with van der Waals surface area (Å²) in [7, 11) is 0. The van der Waals surface area contributed by atoms with Gasteiger partial charge in [-0.05, 0) is 25.1 Å². The van der Waals surface area contributed by atoms with Crippen molar-refractivity contribution in [3.05, 3.63) is 23.8 Å². The fraction of sp³-hybridized carbons (Fsp3) is 0.364. The van der Waals surface area contributed by atoms with Crippen LogP contribution >= 0.6 is 0 Å².